The predicted octanol–water partition coefficient (Wildman–Crippen LogP) is 8.55. The Kier molecular flexibility index (Phi) is 14.3. The zero-order valence-electron chi connectivity index (χ0n) is 20.9. The quantitative estimate of drug-likeness (QED) is 0.0900. The van der Waals surface area contributed by atoms with E-state index in [1.165, 1.54) is 57.8 Å². The molecule has 0 aromatic heterocycles. The Balaban J connectivity index is 1.63. The van der Waals surface area contributed by atoms with Crippen molar-refractivity contribution in [1.82, 2.24) is 0 Å². The smallest absolute Gasteiger partial charge is 0.343 e. The minimum Gasteiger partial charge on any atom is -0.494 e. The van der Waals surface area contributed by atoms with Gasteiger partial charge in [0.15, 0.2) is 0 Å². The minimum atomic E-state index is -0.382. The highest BCUT2D eigenvalue weighted by Crippen LogP contribution is 2.20. The van der Waals surface area contributed by atoms with Crippen LogP contribution >= 0.6 is 0 Å². The molecule has 0 N–H and O–H groups in total. The maximum atomic E-state index is 12.4. The van der Waals surface area contributed by atoms with Gasteiger partial charge in [-0.1, -0.05) is 64.4 Å². The molecule has 34 heavy (non-hydrogen) atoms. The zero-order valence-corrected chi connectivity index (χ0v) is 20.9. The topological polar surface area (TPSA) is 44.8 Å². The Morgan fingerprint density at radius 3 is 1.71 bits per heavy atom. The van der Waals surface area contributed by atoms with E-state index in [1.54, 1.807) is 24.3 Å². The second-order valence-corrected chi connectivity index (χ2v) is 8.70. The van der Waals surface area contributed by atoms with E-state index in [9.17, 15) is 4.79 Å². The summed E-state index contributed by atoms with van der Waals surface area (Å²) >= 11 is 0. The van der Waals surface area contributed by atoms with Gasteiger partial charge in [-0.25, -0.2) is 4.79 Å². The van der Waals surface area contributed by atoms with E-state index in [2.05, 4.69) is 13.5 Å². The Bertz CT molecular complexity index is 796. The highest BCUT2D eigenvalue weighted by Gasteiger charge is 2.09. The molecule has 0 saturated carbocycles. The number of esters is 1. The standard InChI is InChI=1S/C30H42O4/c1-3-5-7-9-10-11-13-15-25-33-28-20-22-29(23-21-28)34-30(31)26-16-18-27(19-17-26)32-24-14-12-8-6-4-2/h3,16-23H,1,4-15,24-25H2,2H3. The van der Waals surface area contributed by atoms with Crippen molar-refractivity contribution < 1.29 is 19.0 Å². The molecule has 0 heterocycles. The molecule has 0 atom stereocenters. The molecule has 4 heteroatoms. The molecule has 0 aliphatic rings. The Morgan fingerprint density at radius 2 is 1.15 bits per heavy atom. The number of unbranched alkanes of at least 4 members (excludes halogenated alkanes) is 10. The van der Waals surface area contributed by atoms with Crippen LogP contribution in [0.5, 0.6) is 17.2 Å². The highest BCUT2D eigenvalue weighted by atomic mass is 16.5. The van der Waals surface area contributed by atoms with E-state index in [-0.39, 0.29) is 5.97 Å². The summed E-state index contributed by atoms with van der Waals surface area (Å²) in [6.07, 6.45) is 16.4. The van der Waals surface area contributed by atoms with E-state index in [4.69, 9.17) is 14.2 Å². The van der Waals surface area contributed by atoms with Gasteiger partial charge in [0.2, 0.25) is 0 Å². The van der Waals surface area contributed by atoms with E-state index in [1.807, 2.05) is 30.3 Å². The van der Waals surface area contributed by atoms with Crippen LogP contribution in [0.25, 0.3) is 0 Å². The zero-order chi connectivity index (χ0) is 24.3. The lowest BCUT2D eigenvalue weighted by Crippen LogP contribution is -2.08. The van der Waals surface area contributed by atoms with Gasteiger partial charge < -0.3 is 14.2 Å². The molecule has 0 amide bonds. The van der Waals surface area contributed by atoms with Gasteiger partial charge in [-0.3, -0.25) is 0 Å². The van der Waals surface area contributed by atoms with Gasteiger partial charge in [0.25, 0.3) is 0 Å². The fourth-order valence-corrected chi connectivity index (χ4v) is 3.64. The minimum absolute atomic E-state index is 0.382. The molecule has 0 radical (unpaired) electrons. The van der Waals surface area contributed by atoms with E-state index >= 15 is 0 Å². The van der Waals surface area contributed by atoms with Gasteiger partial charge in [-0.05, 0) is 74.2 Å². The normalized spacial score (nSPS) is 10.6. The second kappa shape index (κ2) is 17.7. The summed E-state index contributed by atoms with van der Waals surface area (Å²) in [7, 11) is 0. The number of carbonyl (C=O) groups is 1. The van der Waals surface area contributed by atoms with Crippen LogP contribution < -0.4 is 14.2 Å². The van der Waals surface area contributed by atoms with Gasteiger partial charge >= 0.3 is 5.97 Å². The largest absolute Gasteiger partial charge is 0.494 e. The number of benzene rings is 2. The fourth-order valence-electron chi connectivity index (χ4n) is 3.64. The van der Waals surface area contributed by atoms with Crippen LogP contribution in [0.2, 0.25) is 0 Å². The van der Waals surface area contributed by atoms with Gasteiger partial charge in [-0.2, -0.15) is 0 Å². The summed E-state index contributed by atoms with van der Waals surface area (Å²) in [5, 5.41) is 0. The molecule has 2 aromatic rings. The molecule has 0 bridgehead atoms. The molecule has 0 saturated heterocycles. The van der Waals surface area contributed by atoms with Crippen LogP contribution in [0.1, 0.15) is 94.3 Å². The monoisotopic (exact) mass is 466 g/mol. The lowest BCUT2D eigenvalue weighted by atomic mass is 10.1. The van der Waals surface area contributed by atoms with Crippen molar-refractivity contribution in [3.05, 3.63) is 66.7 Å². The number of hydrogen-bond acceptors (Lipinski definition) is 4. The van der Waals surface area contributed by atoms with Crippen molar-refractivity contribution in [2.45, 2.75) is 84.0 Å². The molecule has 0 aliphatic heterocycles. The van der Waals surface area contributed by atoms with Crippen LogP contribution in [-0.2, 0) is 0 Å². The first-order valence-corrected chi connectivity index (χ1v) is 13.0. The molecule has 186 valence electrons. The second-order valence-electron chi connectivity index (χ2n) is 8.70. The van der Waals surface area contributed by atoms with Crippen LogP contribution in [0.15, 0.2) is 61.2 Å². The average Bonchev–Trinajstić information content (AvgIpc) is 2.86. The molecular weight excluding hydrogens is 424 g/mol. The van der Waals surface area contributed by atoms with Crippen molar-refractivity contribution in [1.29, 1.82) is 0 Å². The van der Waals surface area contributed by atoms with E-state index < -0.39 is 0 Å². The van der Waals surface area contributed by atoms with Crippen LogP contribution in [0.4, 0.5) is 0 Å². The van der Waals surface area contributed by atoms with Gasteiger partial charge in [0.1, 0.15) is 17.2 Å². The first-order chi connectivity index (χ1) is 16.7. The van der Waals surface area contributed by atoms with E-state index in [0.717, 1.165) is 30.8 Å². The summed E-state index contributed by atoms with van der Waals surface area (Å²) < 4.78 is 17.0. The van der Waals surface area contributed by atoms with Crippen molar-refractivity contribution in [2.75, 3.05) is 13.2 Å². The molecular formula is C30H42O4. The van der Waals surface area contributed by atoms with Crippen molar-refractivity contribution >= 4 is 5.97 Å². The lowest BCUT2D eigenvalue weighted by molar-refractivity contribution is 0.0734. The van der Waals surface area contributed by atoms with Crippen molar-refractivity contribution in [2.24, 2.45) is 0 Å². The fraction of sp³-hybridized carbons (Fsp3) is 0.500. The van der Waals surface area contributed by atoms with Crippen LogP contribution in [0.3, 0.4) is 0 Å². The van der Waals surface area contributed by atoms with Gasteiger partial charge in [0.05, 0.1) is 18.8 Å². The van der Waals surface area contributed by atoms with E-state index in [0.29, 0.717) is 24.5 Å². The Morgan fingerprint density at radius 1 is 0.676 bits per heavy atom. The summed E-state index contributed by atoms with van der Waals surface area (Å²) in [4.78, 5) is 12.4. The summed E-state index contributed by atoms with van der Waals surface area (Å²) in [6.45, 7) is 7.38. The maximum Gasteiger partial charge on any atom is 0.343 e. The SMILES string of the molecule is C=CCCCCCCCCOc1ccc(OC(=O)c2ccc(OCCCCCCC)cc2)cc1. The number of carbonyl (C=O) groups excluding carboxylic acids is 1. The third-order valence-electron chi connectivity index (χ3n) is 5.71. The number of ether oxygens (including phenoxy) is 3. The highest BCUT2D eigenvalue weighted by molar-refractivity contribution is 5.91. The number of allylic oxidation sites excluding steroid dienone is 1. The van der Waals surface area contributed by atoms with Gasteiger partial charge in [-0.15, -0.1) is 6.58 Å². The van der Waals surface area contributed by atoms with Crippen LogP contribution in [0, 0.1) is 0 Å². The van der Waals surface area contributed by atoms with Crippen molar-refractivity contribution in [3.63, 3.8) is 0 Å². The average molecular weight is 467 g/mol. The Labute approximate surface area is 206 Å². The molecule has 0 spiro atoms. The van der Waals surface area contributed by atoms with Gasteiger partial charge in [0, 0.05) is 0 Å². The van der Waals surface area contributed by atoms with Crippen LogP contribution in [-0.4, -0.2) is 19.2 Å². The number of rotatable bonds is 19. The predicted molar refractivity (Wildman–Crippen MR) is 140 cm³/mol. The molecule has 4 nitrogen and oxygen atoms in total. The third-order valence-corrected chi connectivity index (χ3v) is 5.71. The summed E-state index contributed by atoms with van der Waals surface area (Å²) in [5.74, 6) is 1.69. The first kappa shape index (κ1) is 27.5. The molecule has 2 rings (SSSR count). The molecule has 0 aliphatic carbocycles. The Hall–Kier alpha value is -2.75. The maximum absolute atomic E-state index is 12.4. The first-order valence-electron chi connectivity index (χ1n) is 13.0. The molecule has 0 fully saturated rings. The summed E-state index contributed by atoms with van der Waals surface area (Å²) in [5.41, 5.74) is 0.500. The summed E-state index contributed by atoms with van der Waals surface area (Å²) in [6, 6.07) is 14.3. The lowest BCUT2D eigenvalue weighted by Gasteiger charge is -2.09. The van der Waals surface area contributed by atoms with Crippen molar-refractivity contribution in [3.8, 4) is 17.2 Å². The molecule has 0 unspecified atom stereocenters. The third kappa shape index (κ3) is 11.9. The molecule has 2 aromatic carbocycles. The number of hydrogen-bond donors (Lipinski definition) is 0.